The van der Waals surface area contributed by atoms with Gasteiger partial charge in [0.05, 0.1) is 12.1 Å². The molecule has 1 N–H and O–H groups in total. The minimum Gasteiger partial charge on any atom is -0.495 e. The molecule has 140 valence electrons. The van der Waals surface area contributed by atoms with E-state index >= 15 is 0 Å². The van der Waals surface area contributed by atoms with Gasteiger partial charge < -0.3 is 15.0 Å². The Kier molecular flexibility index (Phi) is 5.66. The number of anilines is 2. The molecule has 0 aliphatic carbocycles. The zero-order valence-electron chi connectivity index (χ0n) is 15.4. The Morgan fingerprint density at radius 3 is 2.59 bits per heavy atom. The van der Waals surface area contributed by atoms with E-state index in [-0.39, 0.29) is 12.5 Å². The minimum atomic E-state index is -0.191. The van der Waals surface area contributed by atoms with E-state index in [0.717, 1.165) is 16.9 Å². The van der Waals surface area contributed by atoms with E-state index in [1.165, 1.54) is 0 Å². The van der Waals surface area contributed by atoms with E-state index in [9.17, 15) is 4.79 Å². The predicted molar refractivity (Wildman–Crippen MR) is 109 cm³/mol. The van der Waals surface area contributed by atoms with Crippen LogP contribution >= 0.6 is 11.6 Å². The van der Waals surface area contributed by atoms with Crippen LogP contribution < -0.4 is 15.0 Å². The number of rotatable bonds is 6. The number of halogens is 1. The maximum atomic E-state index is 12.4. The highest BCUT2D eigenvalue weighted by molar-refractivity contribution is 6.32. The first-order chi connectivity index (χ1) is 13.0. The summed E-state index contributed by atoms with van der Waals surface area (Å²) in [5.41, 5.74) is 2.63. The zero-order chi connectivity index (χ0) is 19.4. The quantitative estimate of drug-likeness (QED) is 0.699. The van der Waals surface area contributed by atoms with Crippen molar-refractivity contribution in [3.63, 3.8) is 0 Å². The SMILES string of the molecule is COc1ccc(NC(=O)Cn2cc(-c3ccccc3)c(N(C)C)n2)cc1Cl. The molecule has 0 unspecified atom stereocenters. The number of methoxy groups -OCH3 is 1. The summed E-state index contributed by atoms with van der Waals surface area (Å²) < 4.78 is 6.75. The van der Waals surface area contributed by atoms with Crippen LogP contribution in [0.25, 0.3) is 11.1 Å². The van der Waals surface area contributed by atoms with Gasteiger partial charge in [-0.3, -0.25) is 9.48 Å². The van der Waals surface area contributed by atoms with Gasteiger partial charge in [-0.05, 0) is 23.8 Å². The third-order valence-electron chi connectivity index (χ3n) is 3.99. The van der Waals surface area contributed by atoms with E-state index in [1.807, 2.05) is 55.5 Å². The van der Waals surface area contributed by atoms with E-state index in [0.29, 0.717) is 16.5 Å². The van der Waals surface area contributed by atoms with Crippen LogP contribution in [0.1, 0.15) is 0 Å². The van der Waals surface area contributed by atoms with Crippen LogP contribution in [0, 0.1) is 0 Å². The summed E-state index contributed by atoms with van der Waals surface area (Å²) in [6, 6.07) is 15.1. The van der Waals surface area contributed by atoms with Gasteiger partial charge in [0.1, 0.15) is 12.3 Å². The molecule has 1 heterocycles. The van der Waals surface area contributed by atoms with Crippen LogP contribution in [-0.2, 0) is 11.3 Å². The summed E-state index contributed by atoms with van der Waals surface area (Å²) in [6.07, 6.45) is 1.88. The first-order valence-corrected chi connectivity index (χ1v) is 8.79. The number of benzene rings is 2. The van der Waals surface area contributed by atoms with Gasteiger partial charge in [-0.2, -0.15) is 5.10 Å². The van der Waals surface area contributed by atoms with Crippen molar-refractivity contribution in [2.75, 3.05) is 31.4 Å². The Morgan fingerprint density at radius 2 is 1.96 bits per heavy atom. The Balaban J connectivity index is 1.77. The summed E-state index contributed by atoms with van der Waals surface area (Å²) in [4.78, 5) is 14.3. The fraction of sp³-hybridized carbons (Fsp3) is 0.200. The molecular formula is C20H21ClN4O2. The van der Waals surface area contributed by atoms with Gasteiger partial charge in [-0.25, -0.2) is 0 Å². The number of nitrogens with zero attached hydrogens (tertiary/aromatic N) is 3. The number of ether oxygens (including phenoxy) is 1. The van der Waals surface area contributed by atoms with Crippen molar-refractivity contribution >= 4 is 29.0 Å². The average Bonchev–Trinajstić information content (AvgIpc) is 3.06. The lowest BCUT2D eigenvalue weighted by atomic mass is 10.1. The molecule has 0 radical (unpaired) electrons. The summed E-state index contributed by atoms with van der Waals surface area (Å²) in [7, 11) is 5.40. The van der Waals surface area contributed by atoms with Gasteiger partial charge >= 0.3 is 0 Å². The molecule has 0 atom stereocenters. The molecule has 1 amide bonds. The second kappa shape index (κ2) is 8.14. The van der Waals surface area contributed by atoms with Crippen molar-refractivity contribution in [2.45, 2.75) is 6.54 Å². The van der Waals surface area contributed by atoms with E-state index in [2.05, 4.69) is 10.4 Å². The van der Waals surface area contributed by atoms with Crippen molar-refractivity contribution in [3.05, 3.63) is 59.8 Å². The highest BCUT2D eigenvalue weighted by Gasteiger charge is 2.14. The standard InChI is InChI=1S/C20H21ClN4O2/c1-24(2)20-16(14-7-5-4-6-8-14)12-25(23-20)13-19(26)22-15-9-10-18(27-3)17(21)11-15/h4-12H,13H2,1-3H3,(H,22,26). The molecule has 0 aliphatic rings. The molecule has 7 heteroatoms. The molecule has 3 rings (SSSR count). The molecule has 6 nitrogen and oxygen atoms in total. The number of carbonyl (C=O) groups excluding carboxylic acids is 1. The Bertz CT molecular complexity index is 938. The second-order valence-corrected chi connectivity index (χ2v) is 6.63. The lowest BCUT2D eigenvalue weighted by Crippen LogP contribution is -2.19. The van der Waals surface area contributed by atoms with Crippen LogP contribution in [-0.4, -0.2) is 36.9 Å². The first-order valence-electron chi connectivity index (χ1n) is 8.41. The third-order valence-corrected chi connectivity index (χ3v) is 4.29. The normalized spacial score (nSPS) is 10.5. The lowest BCUT2D eigenvalue weighted by Gasteiger charge is -2.11. The molecule has 1 aromatic heterocycles. The summed E-state index contributed by atoms with van der Waals surface area (Å²) >= 11 is 6.10. The van der Waals surface area contributed by atoms with Crippen molar-refractivity contribution in [1.29, 1.82) is 0 Å². The highest BCUT2D eigenvalue weighted by Crippen LogP contribution is 2.29. The second-order valence-electron chi connectivity index (χ2n) is 6.22. The molecule has 0 saturated carbocycles. The third kappa shape index (κ3) is 4.41. The Labute approximate surface area is 163 Å². The maximum absolute atomic E-state index is 12.4. The molecule has 27 heavy (non-hydrogen) atoms. The average molecular weight is 385 g/mol. The molecule has 0 bridgehead atoms. The van der Waals surface area contributed by atoms with Crippen LogP contribution in [0.2, 0.25) is 5.02 Å². The molecule has 3 aromatic rings. The monoisotopic (exact) mass is 384 g/mol. The molecular weight excluding hydrogens is 364 g/mol. The van der Waals surface area contributed by atoms with Crippen molar-refractivity contribution < 1.29 is 9.53 Å². The van der Waals surface area contributed by atoms with E-state index in [1.54, 1.807) is 30.0 Å². The van der Waals surface area contributed by atoms with Gasteiger partial charge in [0.2, 0.25) is 5.91 Å². The van der Waals surface area contributed by atoms with Crippen LogP contribution in [0.5, 0.6) is 5.75 Å². The van der Waals surface area contributed by atoms with E-state index < -0.39 is 0 Å². The number of nitrogens with one attached hydrogen (secondary N) is 1. The Hall–Kier alpha value is -2.99. The number of aromatic nitrogens is 2. The van der Waals surface area contributed by atoms with E-state index in [4.69, 9.17) is 16.3 Å². The van der Waals surface area contributed by atoms with Gasteiger partial charge in [0, 0.05) is 31.5 Å². The number of hydrogen-bond acceptors (Lipinski definition) is 4. The number of amides is 1. The van der Waals surface area contributed by atoms with Gasteiger partial charge in [-0.15, -0.1) is 0 Å². The van der Waals surface area contributed by atoms with Gasteiger partial charge in [-0.1, -0.05) is 41.9 Å². The van der Waals surface area contributed by atoms with Crippen molar-refractivity contribution in [3.8, 4) is 16.9 Å². The largest absolute Gasteiger partial charge is 0.495 e. The number of hydrogen-bond donors (Lipinski definition) is 1. The fourth-order valence-corrected chi connectivity index (χ4v) is 2.99. The highest BCUT2D eigenvalue weighted by atomic mass is 35.5. The van der Waals surface area contributed by atoms with Crippen molar-refractivity contribution in [2.24, 2.45) is 0 Å². The zero-order valence-corrected chi connectivity index (χ0v) is 16.2. The molecule has 0 aliphatic heterocycles. The first kappa shape index (κ1) is 18.8. The molecule has 0 spiro atoms. The summed E-state index contributed by atoms with van der Waals surface area (Å²) in [5.74, 6) is 1.18. The minimum absolute atomic E-state index is 0.0946. The summed E-state index contributed by atoms with van der Waals surface area (Å²) in [6.45, 7) is 0.0946. The molecule has 0 saturated heterocycles. The lowest BCUT2D eigenvalue weighted by molar-refractivity contribution is -0.116. The van der Waals surface area contributed by atoms with Crippen LogP contribution in [0.4, 0.5) is 11.5 Å². The summed E-state index contributed by atoms with van der Waals surface area (Å²) in [5, 5.41) is 7.82. The van der Waals surface area contributed by atoms with Crippen LogP contribution in [0.15, 0.2) is 54.7 Å². The maximum Gasteiger partial charge on any atom is 0.246 e. The fourth-order valence-electron chi connectivity index (χ4n) is 2.74. The smallest absolute Gasteiger partial charge is 0.246 e. The molecule has 0 fully saturated rings. The van der Waals surface area contributed by atoms with Gasteiger partial charge in [0.15, 0.2) is 5.82 Å². The van der Waals surface area contributed by atoms with Gasteiger partial charge in [0.25, 0.3) is 0 Å². The number of carbonyl (C=O) groups is 1. The van der Waals surface area contributed by atoms with Crippen LogP contribution in [0.3, 0.4) is 0 Å². The van der Waals surface area contributed by atoms with Crippen molar-refractivity contribution in [1.82, 2.24) is 9.78 Å². The molecule has 2 aromatic carbocycles. The topological polar surface area (TPSA) is 59.4 Å². The Morgan fingerprint density at radius 1 is 1.22 bits per heavy atom. The predicted octanol–water partition coefficient (Wildman–Crippen LogP) is 3.92.